The van der Waals surface area contributed by atoms with E-state index in [1.807, 2.05) is 4.90 Å². The second kappa shape index (κ2) is 5.12. The van der Waals surface area contributed by atoms with Gasteiger partial charge in [0.1, 0.15) is 6.04 Å². The van der Waals surface area contributed by atoms with Crippen molar-refractivity contribution in [3.8, 4) is 0 Å². The fourth-order valence-corrected chi connectivity index (χ4v) is 3.98. The lowest BCUT2D eigenvalue weighted by molar-refractivity contribution is -0.143. The molecule has 0 bridgehead atoms. The van der Waals surface area contributed by atoms with Crippen LogP contribution < -0.4 is 0 Å². The summed E-state index contributed by atoms with van der Waals surface area (Å²) in [4.78, 5) is 27.8. The Bertz CT molecular complexity index is 385. The van der Waals surface area contributed by atoms with Gasteiger partial charge in [0.25, 0.3) is 0 Å². The average molecular weight is 266 g/mol. The quantitative estimate of drug-likeness (QED) is 0.693. The third-order valence-corrected chi connectivity index (χ3v) is 4.80. The number of hydrogen-bond acceptors (Lipinski definition) is 4. The van der Waals surface area contributed by atoms with Gasteiger partial charge in [-0.15, -0.1) is 0 Å². The molecule has 19 heavy (non-hydrogen) atoms. The first kappa shape index (κ1) is 12.9. The number of amides is 1. The first-order valence-electron chi connectivity index (χ1n) is 7.38. The molecule has 3 atom stereocenters. The SMILES string of the molecule is CC(=O)N1CCC[C@@H]1[C@@H]1CCCN1[C@H]1CCOC1=O. The summed E-state index contributed by atoms with van der Waals surface area (Å²) >= 11 is 0. The van der Waals surface area contributed by atoms with Crippen molar-refractivity contribution in [2.24, 2.45) is 0 Å². The smallest absolute Gasteiger partial charge is 0.323 e. The normalized spacial score (nSPS) is 35.9. The number of cyclic esters (lactones) is 1. The lowest BCUT2D eigenvalue weighted by Crippen LogP contribution is -2.51. The van der Waals surface area contributed by atoms with Crippen LogP contribution in [0, 0.1) is 0 Å². The molecule has 3 heterocycles. The van der Waals surface area contributed by atoms with Crippen LogP contribution in [0.15, 0.2) is 0 Å². The van der Waals surface area contributed by atoms with E-state index in [9.17, 15) is 9.59 Å². The maximum Gasteiger partial charge on any atom is 0.323 e. The molecule has 5 heteroatoms. The summed E-state index contributed by atoms with van der Waals surface area (Å²) < 4.78 is 5.10. The molecule has 3 aliphatic heterocycles. The van der Waals surface area contributed by atoms with Gasteiger partial charge >= 0.3 is 5.97 Å². The molecular weight excluding hydrogens is 244 g/mol. The number of ether oxygens (including phenoxy) is 1. The van der Waals surface area contributed by atoms with Gasteiger partial charge in [-0.05, 0) is 32.2 Å². The van der Waals surface area contributed by atoms with Gasteiger partial charge in [-0.25, -0.2) is 0 Å². The van der Waals surface area contributed by atoms with E-state index in [0.717, 1.165) is 45.2 Å². The highest BCUT2D eigenvalue weighted by Gasteiger charge is 2.44. The fourth-order valence-electron chi connectivity index (χ4n) is 3.98. The van der Waals surface area contributed by atoms with E-state index in [-0.39, 0.29) is 17.9 Å². The molecule has 0 radical (unpaired) electrons. The Morgan fingerprint density at radius 1 is 1.16 bits per heavy atom. The minimum Gasteiger partial charge on any atom is -0.464 e. The minimum absolute atomic E-state index is 0.0677. The molecule has 0 aliphatic carbocycles. The molecule has 106 valence electrons. The van der Waals surface area contributed by atoms with E-state index in [2.05, 4.69) is 4.90 Å². The average Bonchev–Trinajstić information content (AvgIpc) is 3.06. The summed E-state index contributed by atoms with van der Waals surface area (Å²) in [6.45, 7) is 4.04. The van der Waals surface area contributed by atoms with Crippen LogP contribution in [0.3, 0.4) is 0 Å². The number of rotatable bonds is 2. The molecule has 3 saturated heterocycles. The van der Waals surface area contributed by atoms with Crippen molar-refractivity contribution in [3.63, 3.8) is 0 Å². The summed E-state index contributed by atoms with van der Waals surface area (Å²) in [5, 5.41) is 0. The van der Waals surface area contributed by atoms with Crippen LogP contribution >= 0.6 is 0 Å². The molecule has 0 spiro atoms. The molecule has 0 aromatic rings. The van der Waals surface area contributed by atoms with E-state index in [1.54, 1.807) is 6.92 Å². The minimum atomic E-state index is -0.0701. The van der Waals surface area contributed by atoms with Crippen molar-refractivity contribution in [1.29, 1.82) is 0 Å². The molecule has 0 aromatic heterocycles. The lowest BCUT2D eigenvalue weighted by Gasteiger charge is -2.36. The number of nitrogens with zero attached hydrogens (tertiary/aromatic N) is 2. The lowest BCUT2D eigenvalue weighted by atomic mass is 10.0. The van der Waals surface area contributed by atoms with E-state index in [0.29, 0.717) is 18.7 Å². The Hall–Kier alpha value is -1.10. The van der Waals surface area contributed by atoms with Gasteiger partial charge < -0.3 is 9.64 Å². The number of carbonyl (C=O) groups is 2. The Balaban J connectivity index is 1.75. The van der Waals surface area contributed by atoms with Gasteiger partial charge in [0.15, 0.2) is 0 Å². The van der Waals surface area contributed by atoms with Crippen LogP contribution in [0.25, 0.3) is 0 Å². The highest BCUT2D eigenvalue weighted by atomic mass is 16.5. The maximum absolute atomic E-state index is 11.8. The monoisotopic (exact) mass is 266 g/mol. The molecule has 0 N–H and O–H groups in total. The van der Waals surface area contributed by atoms with Gasteiger partial charge in [0.05, 0.1) is 6.61 Å². The van der Waals surface area contributed by atoms with Gasteiger partial charge in [0, 0.05) is 32.0 Å². The highest BCUT2D eigenvalue weighted by molar-refractivity contribution is 5.77. The van der Waals surface area contributed by atoms with Crippen molar-refractivity contribution < 1.29 is 14.3 Å². The van der Waals surface area contributed by atoms with Crippen LogP contribution in [-0.2, 0) is 14.3 Å². The van der Waals surface area contributed by atoms with Crippen molar-refractivity contribution in [2.45, 2.75) is 57.2 Å². The highest BCUT2D eigenvalue weighted by Crippen LogP contribution is 2.33. The molecule has 0 unspecified atom stereocenters. The van der Waals surface area contributed by atoms with E-state index in [4.69, 9.17) is 4.74 Å². The molecule has 5 nitrogen and oxygen atoms in total. The van der Waals surface area contributed by atoms with Crippen LogP contribution in [0.1, 0.15) is 39.0 Å². The van der Waals surface area contributed by atoms with Crippen molar-refractivity contribution >= 4 is 11.9 Å². The summed E-state index contributed by atoms with van der Waals surface area (Å²) in [5.74, 6) is 0.0996. The Labute approximate surface area is 113 Å². The largest absolute Gasteiger partial charge is 0.464 e. The van der Waals surface area contributed by atoms with E-state index >= 15 is 0 Å². The Morgan fingerprint density at radius 3 is 2.58 bits per heavy atom. The molecule has 0 aromatic carbocycles. The summed E-state index contributed by atoms with van der Waals surface area (Å²) in [7, 11) is 0. The van der Waals surface area contributed by atoms with Gasteiger partial charge in [-0.3, -0.25) is 14.5 Å². The maximum atomic E-state index is 11.8. The van der Waals surface area contributed by atoms with Crippen molar-refractivity contribution in [3.05, 3.63) is 0 Å². The molecular formula is C14H22N2O3. The second-order valence-corrected chi connectivity index (χ2v) is 5.84. The molecule has 0 saturated carbocycles. The van der Waals surface area contributed by atoms with Gasteiger partial charge in [0.2, 0.25) is 5.91 Å². The molecule has 1 amide bonds. The third kappa shape index (κ3) is 2.24. The van der Waals surface area contributed by atoms with Crippen molar-refractivity contribution in [1.82, 2.24) is 9.80 Å². The van der Waals surface area contributed by atoms with Crippen LogP contribution in [-0.4, -0.2) is 59.5 Å². The van der Waals surface area contributed by atoms with E-state index in [1.165, 1.54) is 0 Å². The fraction of sp³-hybridized carbons (Fsp3) is 0.857. The predicted molar refractivity (Wildman–Crippen MR) is 69.5 cm³/mol. The van der Waals surface area contributed by atoms with Crippen LogP contribution in [0.4, 0.5) is 0 Å². The number of hydrogen-bond donors (Lipinski definition) is 0. The molecule has 3 rings (SSSR count). The van der Waals surface area contributed by atoms with Gasteiger partial charge in [-0.1, -0.05) is 0 Å². The molecule has 3 fully saturated rings. The van der Waals surface area contributed by atoms with Gasteiger partial charge in [-0.2, -0.15) is 0 Å². The summed E-state index contributed by atoms with van der Waals surface area (Å²) in [5.41, 5.74) is 0. The number of likely N-dealkylation sites (tertiary alicyclic amines) is 2. The molecule has 3 aliphatic rings. The zero-order valence-corrected chi connectivity index (χ0v) is 11.5. The topological polar surface area (TPSA) is 49.9 Å². The number of carbonyl (C=O) groups excluding carboxylic acids is 2. The zero-order valence-electron chi connectivity index (χ0n) is 11.5. The zero-order chi connectivity index (χ0) is 13.4. The predicted octanol–water partition coefficient (Wildman–Crippen LogP) is 0.777. The summed E-state index contributed by atoms with van der Waals surface area (Å²) in [6.07, 6.45) is 5.18. The van der Waals surface area contributed by atoms with Crippen LogP contribution in [0.5, 0.6) is 0 Å². The Kier molecular flexibility index (Phi) is 3.48. The van der Waals surface area contributed by atoms with E-state index < -0.39 is 0 Å². The standard InChI is InChI=1S/C14H22N2O3/c1-10(17)15-7-2-4-11(15)12-5-3-8-16(12)13-6-9-19-14(13)18/h11-13H,2-9H2,1H3/t11-,12+,13+/m1/s1. The third-order valence-electron chi connectivity index (χ3n) is 4.80. The summed E-state index contributed by atoms with van der Waals surface area (Å²) in [6, 6.07) is 0.581. The second-order valence-electron chi connectivity index (χ2n) is 5.84. The first-order chi connectivity index (χ1) is 9.18. The van der Waals surface area contributed by atoms with Crippen LogP contribution in [0.2, 0.25) is 0 Å². The van der Waals surface area contributed by atoms with Crippen molar-refractivity contribution in [2.75, 3.05) is 19.7 Å². The first-order valence-corrected chi connectivity index (χ1v) is 7.38. The number of esters is 1. The Morgan fingerprint density at radius 2 is 1.89 bits per heavy atom.